The van der Waals surface area contributed by atoms with Gasteiger partial charge in [-0.05, 0) is 31.5 Å². The van der Waals surface area contributed by atoms with Crippen LogP contribution >= 0.6 is 0 Å². The molecule has 0 atom stereocenters. The van der Waals surface area contributed by atoms with Crippen molar-refractivity contribution in [3.8, 4) is 5.75 Å². The first-order chi connectivity index (χ1) is 11.0. The minimum absolute atomic E-state index is 0.157. The van der Waals surface area contributed by atoms with Crippen molar-refractivity contribution >= 4 is 17.6 Å². The third-order valence-corrected chi connectivity index (χ3v) is 3.10. The number of ketones is 1. The number of para-hydroxylation sites is 1. The molecule has 7 heteroatoms. The van der Waals surface area contributed by atoms with Gasteiger partial charge in [0.15, 0.2) is 12.4 Å². The summed E-state index contributed by atoms with van der Waals surface area (Å²) in [7, 11) is 0. The number of aromatic nitrogens is 1. The van der Waals surface area contributed by atoms with Crippen LogP contribution in [0.5, 0.6) is 5.75 Å². The van der Waals surface area contributed by atoms with Crippen LogP contribution in [-0.2, 0) is 4.79 Å². The van der Waals surface area contributed by atoms with Gasteiger partial charge in [-0.3, -0.25) is 25.2 Å². The van der Waals surface area contributed by atoms with Crippen molar-refractivity contribution < 1.29 is 19.1 Å². The van der Waals surface area contributed by atoms with Gasteiger partial charge < -0.3 is 9.72 Å². The summed E-state index contributed by atoms with van der Waals surface area (Å²) in [5.74, 6) is -0.609. The van der Waals surface area contributed by atoms with Gasteiger partial charge in [-0.25, -0.2) is 0 Å². The Labute approximate surface area is 133 Å². The first-order valence-corrected chi connectivity index (χ1v) is 6.94. The number of amides is 2. The van der Waals surface area contributed by atoms with Gasteiger partial charge in [-0.15, -0.1) is 0 Å². The number of benzene rings is 1. The highest BCUT2D eigenvalue weighted by atomic mass is 16.5. The van der Waals surface area contributed by atoms with Gasteiger partial charge in [0.25, 0.3) is 11.8 Å². The summed E-state index contributed by atoms with van der Waals surface area (Å²) in [6, 6.07) is 8.71. The van der Waals surface area contributed by atoms with Crippen LogP contribution in [0.2, 0.25) is 0 Å². The molecule has 2 amide bonds. The lowest BCUT2D eigenvalue weighted by atomic mass is 10.2. The molecular formula is C16H17N3O4. The van der Waals surface area contributed by atoms with E-state index < -0.39 is 11.8 Å². The molecule has 7 nitrogen and oxygen atoms in total. The molecule has 1 aromatic heterocycles. The predicted molar refractivity (Wildman–Crippen MR) is 83.1 cm³/mol. The highest BCUT2D eigenvalue weighted by Gasteiger charge is 2.12. The summed E-state index contributed by atoms with van der Waals surface area (Å²) in [4.78, 5) is 37.3. The number of rotatable bonds is 5. The number of nitrogens with one attached hydrogen (secondary N) is 3. The van der Waals surface area contributed by atoms with Gasteiger partial charge in [-0.2, -0.15) is 0 Å². The van der Waals surface area contributed by atoms with E-state index in [-0.39, 0.29) is 18.1 Å². The van der Waals surface area contributed by atoms with Crippen molar-refractivity contribution in [2.24, 2.45) is 0 Å². The van der Waals surface area contributed by atoms with Crippen molar-refractivity contribution in [1.29, 1.82) is 0 Å². The van der Waals surface area contributed by atoms with Crippen molar-refractivity contribution in [1.82, 2.24) is 15.8 Å². The number of carbonyl (C=O) groups excluding carboxylic acids is 3. The minimum atomic E-state index is -0.554. The number of hydrazine groups is 1. The summed E-state index contributed by atoms with van der Waals surface area (Å²) in [6.07, 6.45) is 1.43. The van der Waals surface area contributed by atoms with Gasteiger partial charge in [0, 0.05) is 11.8 Å². The second kappa shape index (κ2) is 7.26. The molecular weight excluding hydrogens is 298 g/mol. The maximum atomic E-state index is 11.8. The molecule has 1 aromatic carbocycles. The fraction of sp³-hybridized carbons (Fsp3) is 0.188. The second-order valence-electron chi connectivity index (χ2n) is 4.91. The summed E-state index contributed by atoms with van der Waals surface area (Å²) in [5.41, 5.74) is 5.96. The molecule has 0 saturated carbocycles. The molecule has 0 radical (unpaired) electrons. The molecule has 0 saturated heterocycles. The lowest BCUT2D eigenvalue weighted by Crippen LogP contribution is -2.44. The summed E-state index contributed by atoms with van der Waals surface area (Å²) < 4.78 is 5.36. The van der Waals surface area contributed by atoms with Gasteiger partial charge >= 0.3 is 0 Å². The Morgan fingerprint density at radius 2 is 1.91 bits per heavy atom. The SMILES string of the molecule is CC(=O)c1c[nH]c(C(=O)NNC(=O)COc2ccccc2C)c1. The van der Waals surface area contributed by atoms with E-state index in [0.717, 1.165) is 5.56 Å². The average Bonchev–Trinajstić information content (AvgIpc) is 3.02. The Morgan fingerprint density at radius 3 is 2.57 bits per heavy atom. The lowest BCUT2D eigenvalue weighted by Gasteiger charge is -2.09. The number of hydrogen-bond donors (Lipinski definition) is 3. The van der Waals surface area contributed by atoms with E-state index in [4.69, 9.17) is 4.74 Å². The van der Waals surface area contributed by atoms with E-state index in [1.54, 1.807) is 12.1 Å². The highest BCUT2D eigenvalue weighted by Crippen LogP contribution is 2.15. The summed E-state index contributed by atoms with van der Waals surface area (Å²) in [6.45, 7) is 3.04. The maximum Gasteiger partial charge on any atom is 0.286 e. The molecule has 23 heavy (non-hydrogen) atoms. The number of hydrogen-bond acceptors (Lipinski definition) is 4. The third kappa shape index (κ3) is 4.44. The Bertz CT molecular complexity index is 736. The van der Waals surface area contributed by atoms with Crippen molar-refractivity contribution in [3.63, 3.8) is 0 Å². The van der Waals surface area contributed by atoms with E-state index in [2.05, 4.69) is 15.8 Å². The Kier molecular flexibility index (Phi) is 5.14. The number of Topliss-reactive ketones (excluding diaryl/α,β-unsaturated/α-hetero) is 1. The van der Waals surface area contributed by atoms with Crippen molar-refractivity contribution in [2.45, 2.75) is 13.8 Å². The van der Waals surface area contributed by atoms with Gasteiger partial charge in [-0.1, -0.05) is 18.2 Å². The zero-order chi connectivity index (χ0) is 16.8. The molecule has 2 aromatic rings. The van der Waals surface area contributed by atoms with Gasteiger partial charge in [0.2, 0.25) is 0 Å². The average molecular weight is 315 g/mol. The van der Waals surface area contributed by atoms with Crippen LogP contribution in [0.1, 0.15) is 33.3 Å². The molecule has 0 spiro atoms. The molecule has 120 valence electrons. The van der Waals surface area contributed by atoms with Crippen LogP contribution in [0, 0.1) is 6.92 Å². The number of H-pyrrole nitrogens is 1. The molecule has 0 unspecified atom stereocenters. The lowest BCUT2D eigenvalue weighted by molar-refractivity contribution is -0.123. The number of carbonyl (C=O) groups is 3. The number of aromatic amines is 1. The largest absolute Gasteiger partial charge is 0.483 e. The molecule has 3 N–H and O–H groups in total. The van der Waals surface area contributed by atoms with Crippen LogP contribution in [0.15, 0.2) is 36.5 Å². The fourth-order valence-electron chi connectivity index (χ4n) is 1.82. The van der Waals surface area contributed by atoms with Crippen molar-refractivity contribution in [2.75, 3.05) is 6.61 Å². The summed E-state index contributed by atoms with van der Waals surface area (Å²) in [5, 5.41) is 0. The van der Waals surface area contributed by atoms with E-state index in [1.807, 2.05) is 19.1 Å². The monoisotopic (exact) mass is 315 g/mol. The topological polar surface area (TPSA) is 100 Å². The molecule has 0 bridgehead atoms. The Morgan fingerprint density at radius 1 is 1.17 bits per heavy atom. The zero-order valence-electron chi connectivity index (χ0n) is 12.8. The van der Waals surface area contributed by atoms with E-state index in [0.29, 0.717) is 11.3 Å². The minimum Gasteiger partial charge on any atom is -0.483 e. The molecule has 1 heterocycles. The standard InChI is InChI=1S/C16H17N3O4/c1-10-5-3-4-6-14(10)23-9-15(21)18-19-16(22)13-7-12(8-17-13)11(2)20/h3-8,17H,9H2,1-2H3,(H,18,21)(H,19,22). The Balaban J connectivity index is 1.80. The van der Waals surface area contributed by atoms with E-state index >= 15 is 0 Å². The van der Waals surface area contributed by atoms with E-state index in [1.165, 1.54) is 19.2 Å². The summed E-state index contributed by atoms with van der Waals surface area (Å²) >= 11 is 0. The molecule has 2 rings (SSSR count). The predicted octanol–water partition coefficient (Wildman–Crippen LogP) is 1.37. The van der Waals surface area contributed by atoms with Crippen LogP contribution in [0.4, 0.5) is 0 Å². The first kappa shape index (κ1) is 16.3. The van der Waals surface area contributed by atoms with E-state index in [9.17, 15) is 14.4 Å². The molecule has 0 aliphatic rings. The Hall–Kier alpha value is -3.09. The molecule has 0 aliphatic heterocycles. The first-order valence-electron chi connectivity index (χ1n) is 6.94. The number of aryl methyl sites for hydroxylation is 1. The normalized spacial score (nSPS) is 10.0. The second-order valence-corrected chi connectivity index (χ2v) is 4.91. The maximum absolute atomic E-state index is 11.8. The van der Waals surface area contributed by atoms with Crippen LogP contribution < -0.4 is 15.6 Å². The quantitative estimate of drug-likeness (QED) is 0.573. The van der Waals surface area contributed by atoms with Crippen LogP contribution in [-0.4, -0.2) is 29.2 Å². The van der Waals surface area contributed by atoms with Gasteiger partial charge in [0.05, 0.1) is 0 Å². The van der Waals surface area contributed by atoms with Crippen LogP contribution in [0.25, 0.3) is 0 Å². The zero-order valence-corrected chi connectivity index (χ0v) is 12.8. The highest BCUT2D eigenvalue weighted by molar-refractivity contribution is 5.99. The fourth-order valence-corrected chi connectivity index (χ4v) is 1.82. The van der Waals surface area contributed by atoms with Crippen LogP contribution in [0.3, 0.4) is 0 Å². The number of ether oxygens (including phenoxy) is 1. The molecule has 0 aliphatic carbocycles. The van der Waals surface area contributed by atoms with Crippen molar-refractivity contribution in [3.05, 3.63) is 53.3 Å². The molecule has 0 fully saturated rings. The third-order valence-electron chi connectivity index (χ3n) is 3.10. The smallest absolute Gasteiger partial charge is 0.286 e. The van der Waals surface area contributed by atoms with Gasteiger partial charge in [0.1, 0.15) is 11.4 Å².